The molecule has 10 heteroatoms. The first-order valence-electron chi connectivity index (χ1n) is 12.1. The van der Waals surface area contributed by atoms with Crippen molar-refractivity contribution in [3.05, 3.63) is 64.9 Å². The first-order valence-corrected chi connectivity index (χ1v) is 12.5. The lowest BCUT2D eigenvalue weighted by Crippen LogP contribution is -2.44. The molecule has 1 N–H and O–H groups in total. The molecule has 2 amide bonds. The van der Waals surface area contributed by atoms with Crippen LogP contribution >= 0.6 is 11.6 Å². The quantitative estimate of drug-likeness (QED) is 0.498. The number of nitrogens with zero attached hydrogens (tertiary/aromatic N) is 3. The second-order valence-corrected chi connectivity index (χ2v) is 9.84. The molecule has 2 saturated heterocycles. The zero-order chi connectivity index (χ0) is 24.6. The smallest absolute Gasteiger partial charge is 0.410 e. The van der Waals surface area contributed by atoms with Crippen LogP contribution in [0.2, 0.25) is 5.02 Å². The Kier molecular flexibility index (Phi) is 6.00. The molecule has 3 fully saturated rings. The number of hydrogen-bond donors (Lipinski definition) is 1. The van der Waals surface area contributed by atoms with E-state index < -0.39 is 0 Å². The van der Waals surface area contributed by atoms with Gasteiger partial charge in [-0.15, -0.1) is 0 Å². The predicted molar refractivity (Wildman–Crippen MR) is 130 cm³/mol. The van der Waals surface area contributed by atoms with E-state index in [1.165, 1.54) is 0 Å². The van der Waals surface area contributed by atoms with E-state index in [2.05, 4.69) is 15.3 Å². The maximum Gasteiger partial charge on any atom is 0.410 e. The Balaban J connectivity index is 1.23. The fraction of sp³-hybridized carbons (Fsp3) is 0.385. The Morgan fingerprint density at radius 2 is 2.00 bits per heavy atom. The minimum atomic E-state index is -0.317. The van der Waals surface area contributed by atoms with E-state index in [-0.39, 0.29) is 29.8 Å². The molecule has 186 valence electrons. The number of carbonyl (C=O) groups excluding carboxylic acids is 2. The van der Waals surface area contributed by atoms with Crippen molar-refractivity contribution in [1.82, 2.24) is 20.2 Å². The number of hydrogen-bond acceptors (Lipinski definition) is 7. The Labute approximate surface area is 212 Å². The third kappa shape index (κ3) is 4.75. The van der Waals surface area contributed by atoms with Gasteiger partial charge in [0, 0.05) is 49.1 Å². The standard InChI is InChI=1S/C26H25ClN4O5/c27-17-5-1-15(2-6-17)11-29-24(32)21-10-22(35-19-7-8-31-18(9-19)14-34-26(31)33)20(12-28-21)23-13-30-25(36-23)16-3-4-16/h1-2,5-6,10,12-13,16,18-19H,3-4,7-9,11,14H2,(H,29,32)/t18-,19-/m0/s1. The summed E-state index contributed by atoms with van der Waals surface area (Å²) in [5, 5.41) is 3.53. The number of piperidine rings is 1. The number of ether oxygens (including phenoxy) is 2. The summed E-state index contributed by atoms with van der Waals surface area (Å²) < 4.78 is 17.6. The zero-order valence-corrected chi connectivity index (χ0v) is 20.2. The molecule has 0 unspecified atom stereocenters. The van der Waals surface area contributed by atoms with E-state index >= 15 is 0 Å². The third-order valence-electron chi connectivity index (χ3n) is 6.78. The molecular weight excluding hydrogens is 484 g/mol. The van der Waals surface area contributed by atoms with Crippen LogP contribution in [0.5, 0.6) is 5.75 Å². The highest BCUT2D eigenvalue weighted by Crippen LogP contribution is 2.42. The summed E-state index contributed by atoms with van der Waals surface area (Å²) in [6.45, 7) is 1.28. The number of rotatable bonds is 7. The van der Waals surface area contributed by atoms with Crippen LogP contribution in [0.3, 0.4) is 0 Å². The number of nitrogens with one attached hydrogen (secondary N) is 1. The molecule has 0 bridgehead atoms. The van der Waals surface area contributed by atoms with Crippen molar-refractivity contribution in [2.45, 2.75) is 50.3 Å². The number of benzene rings is 1. The molecule has 0 spiro atoms. The second-order valence-electron chi connectivity index (χ2n) is 9.40. The second kappa shape index (κ2) is 9.46. The number of cyclic esters (lactones) is 1. The first kappa shape index (κ1) is 22.8. The Bertz CT molecular complexity index is 1290. The van der Waals surface area contributed by atoms with Gasteiger partial charge in [0.05, 0.1) is 17.8 Å². The van der Waals surface area contributed by atoms with Gasteiger partial charge in [0.15, 0.2) is 11.7 Å². The van der Waals surface area contributed by atoms with Crippen molar-refractivity contribution < 1.29 is 23.5 Å². The summed E-state index contributed by atoms with van der Waals surface area (Å²) in [6, 6.07) is 8.93. The molecule has 4 heterocycles. The number of amides is 2. The molecule has 2 aliphatic heterocycles. The minimum absolute atomic E-state index is 0.00423. The van der Waals surface area contributed by atoms with Gasteiger partial charge >= 0.3 is 6.09 Å². The summed E-state index contributed by atoms with van der Waals surface area (Å²) in [5.74, 6) is 1.84. The van der Waals surface area contributed by atoms with E-state index in [9.17, 15) is 9.59 Å². The molecule has 36 heavy (non-hydrogen) atoms. The summed E-state index contributed by atoms with van der Waals surface area (Å²) in [4.78, 5) is 35.3. The van der Waals surface area contributed by atoms with E-state index in [0.717, 1.165) is 24.3 Å². The fourth-order valence-corrected chi connectivity index (χ4v) is 4.73. The van der Waals surface area contributed by atoms with Crippen LogP contribution in [0.15, 0.2) is 47.1 Å². The highest BCUT2D eigenvalue weighted by Gasteiger charge is 2.39. The Morgan fingerprint density at radius 3 is 2.81 bits per heavy atom. The maximum atomic E-state index is 12.9. The summed E-state index contributed by atoms with van der Waals surface area (Å²) >= 11 is 5.94. The number of pyridine rings is 1. The molecule has 6 rings (SSSR count). The van der Waals surface area contributed by atoms with E-state index in [1.54, 1.807) is 35.5 Å². The van der Waals surface area contributed by atoms with Crippen LogP contribution in [0.25, 0.3) is 11.3 Å². The summed E-state index contributed by atoms with van der Waals surface area (Å²) in [6.07, 6.45) is 6.34. The molecule has 0 radical (unpaired) electrons. The molecule has 2 aromatic heterocycles. The zero-order valence-electron chi connectivity index (χ0n) is 19.5. The van der Waals surface area contributed by atoms with Gasteiger partial charge in [-0.3, -0.25) is 9.78 Å². The van der Waals surface area contributed by atoms with E-state index in [4.69, 9.17) is 25.5 Å². The lowest BCUT2D eigenvalue weighted by atomic mass is 10.0. The average Bonchev–Trinajstić information content (AvgIpc) is 3.51. The van der Waals surface area contributed by atoms with Gasteiger partial charge in [-0.1, -0.05) is 23.7 Å². The van der Waals surface area contributed by atoms with Crippen LogP contribution in [-0.4, -0.2) is 52.2 Å². The molecule has 1 aromatic carbocycles. The van der Waals surface area contributed by atoms with Gasteiger partial charge in [0.25, 0.3) is 5.91 Å². The Morgan fingerprint density at radius 1 is 1.17 bits per heavy atom. The minimum Gasteiger partial charge on any atom is -0.489 e. The number of halogens is 1. The van der Waals surface area contributed by atoms with Crippen LogP contribution in [0, 0.1) is 0 Å². The molecular formula is C26H25ClN4O5. The highest BCUT2D eigenvalue weighted by atomic mass is 35.5. The molecule has 9 nitrogen and oxygen atoms in total. The molecule has 1 aliphatic carbocycles. The SMILES string of the molecule is O=C(NCc1ccc(Cl)cc1)c1cc(O[C@H]2CCN3C(=O)OC[C@@H]3C2)c(-c2cnc(C3CC3)o2)cn1. The number of fused-ring (bicyclic) bond motifs is 1. The number of carbonyl (C=O) groups is 2. The van der Waals surface area contributed by atoms with Gasteiger partial charge in [0.2, 0.25) is 0 Å². The maximum absolute atomic E-state index is 12.9. The van der Waals surface area contributed by atoms with E-state index in [0.29, 0.717) is 60.6 Å². The largest absolute Gasteiger partial charge is 0.489 e. The molecule has 1 saturated carbocycles. The highest BCUT2D eigenvalue weighted by molar-refractivity contribution is 6.30. The van der Waals surface area contributed by atoms with Crippen LogP contribution < -0.4 is 10.1 Å². The van der Waals surface area contributed by atoms with Crippen LogP contribution in [-0.2, 0) is 11.3 Å². The van der Waals surface area contributed by atoms with Gasteiger partial charge in [-0.05, 0) is 30.5 Å². The number of oxazole rings is 1. The van der Waals surface area contributed by atoms with Crippen molar-refractivity contribution in [2.24, 2.45) is 0 Å². The Hall–Kier alpha value is -3.59. The predicted octanol–water partition coefficient (Wildman–Crippen LogP) is 4.56. The number of aromatic nitrogens is 2. The average molecular weight is 509 g/mol. The summed E-state index contributed by atoms with van der Waals surface area (Å²) in [5.41, 5.74) is 1.81. The van der Waals surface area contributed by atoms with Crippen molar-refractivity contribution >= 4 is 23.6 Å². The van der Waals surface area contributed by atoms with Crippen LogP contribution in [0.1, 0.15) is 53.5 Å². The topological polar surface area (TPSA) is 107 Å². The van der Waals surface area contributed by atoms with Gasteiger partial charge in [-0.25, -0.2) is 9.78 Å². The van der Waals surface area contributed by atoms with Crippen molar-refractivity contribution in [2.75, 3.05) is 13.2 Å². The summed E-state index contributed by atoms with van der Waals surface area (Å²) in [7, 11) is 0. The van der Waals surface area contributed by atoms with Crippen molar-refractivity contribution in [3.8, 4) is 17.1 Å². The molecule has 3 aliphatic rings. The third-order valence-corrected chi connectivity index (χ3v) is 7.03. The molecule has 2 atom stereocenters. The van der Waals surface area contributed by atoms with Crippen LogP contribution in [0.4, 0.5) is 4.79 Å². The first-order chi connectivity index (χ1) is 17.5. The van der Waals surface area contributed by atoms with Gasteiger partial charge in [0.1, 0.15) is 24.2 Å². The van der Waals surface area contributed by atoms with Gasteiger partial charge < -0.3 is 24.1 Å². The van der Waals surface area contributed by atoms with Crippen molar-refractivity contribution in [1.29, 1.82) is 0 Å². The molecule has 3 aromatic rings. The lowest BCUT2D eigenvalue weighted by molar-refractivity contribution is 0.0914. The van der Waals surface area contributed by atoms with Gasteiger partial charge in [-0.2, -0.15) is 0 Å². The monoisotopic (exact) mass is 508 g/mol. The van der Waals surface area contributed by atoms with Crippen molar-refractivity contribution in [3.63, 3.8) is 0 Å². The normalized spacial score (nSPS) is 21.1. The fourth-order valence-electron chi connectivity index (χ4n) is 4.60. The lowest BCUT2D eigenvalue weighted by Gasteiger charge is -2.32. The van der Waals surface area contributed by atoms with E-state index in [1.807, 2.05) is 12.1 Å².